The molecular formula is C16H21N3O2. The number of para-hydroxylation sites is 1. The highest BCUT2D eigenvalue weighted by atomic mass is 16.2. The van der Waals surface area contributed by atoms with Gasteiger partial charge in [-0.05, 0) is 25.0 Å². The summed E-state index contributed by atoms with van der Waals surface area (Å²) in [6.07, 6.45) is 1.26. The van der Waals surface area contributed by atoms with Gasteiger partial charge in [0.1, 0.15) is 6.54 Å². The lowest BCUT2D eigenvalue weighted by atomic mass is 10.0. The van der Waals surface area contributed by atoms with Gasteiger partial charge in [-0.25, -0.2) is 0 Å². The van der Waals surface area contributed by atoms with Crippen LogP contribution in [0.1, 0.15) is 18.9 Å². The summed E-state index contributed by atoms with van der Waals surface area (Å²) in [6.45, 7) is 4.54. The summed E-state index contributed by atoms with van der Waals surface area (Å²) in [4.78, 5) is 28.3. The van der Waals surface area contributed by atoms with E-state index in [9.17, 15) is 9.59 Å². The highest BCUT2D eigenvalue weighted by Crippen LogP contribution is 2.27. The largest absolute Gasteiger partial charge is 0.336 e. The van der Waals surface area contributed by atoms with E-state index in [1.165, 1.54) is 0 Å². The summed E-state index contributed by atoms with van der Waals surface area (Å²) >= 11 is 0. The fourth-order valence-corrected chi connectivity index (χ4v) is 3.11. The molecule has 1 aromatic rings. The van der Waals surface area contributed by atoms with Crippen LogP contribution in [-0.2, 0) is 16.0 Å². The Hall–Kier alpha value is -1.88. The van der Waals surface area contributed by atoms with E-state index in [1.807, 2.05) is 36.1 Å². The lowest BCUT2D eigenvalue weighted by molar-refractivity contribution is -0.134. The molecule has 0 aliphatic carbocycles. The summed E-state index contributed by atoms with van der Waals surface area (Å²) in [5.41, 5.74) is 2.04. The normalized spacial score (nSPS) is 22.1. The number of hydrogen-bond acceptors (Lipinski definition) is 3. The summed E-state index contributed by atoms with van der Waals surface area (Å²) < 4.78 is 0. The van der Waals surface area contributed by atoms with E-state index in [0.717, 1.165) is 30.8 Å². The fraction of sp³-hybridized carbons (Fsp3) is 0.500. The molecule has 2 aliphatic heterocycles. The van der Waals surface area contributed by atoms with Gasteiger partial charge in [0.25, 0.3) is 0 Å². The maximum Gasteiger partial charge on any atom is 0.242 e. The van der Waals surface area contributed by atoms with Gasteiger partial charge < -0.3 is 15.1 Å². The van der Waals surface area contributed by atoms with Crippen molar-refractivity contribution in [2.24, 2.45) is 0 Å². The fourth-order valence-electron chi connectivity index (χ4n) is 3.11. The monoisotopic (exact) mass is 287 g/mol. The standard InChI is InChI=1S/C16H21N3O2/c1-12-10-17-8-9-18(12)16(21)11-19-14-5-3-2-4-13(14)6-7-15(19)20/h2-5,12,17H,6-11H2,1H3/t12-/m0/s1. The minimum atomic E-state index is 0.0362. The smallest absolute Gasteiger partial charge is 0.242 e. The molecule has 0 spiro atoms. The van der Waals surface area contributed by atoms with Crippen molar-refractivity contribution < 1.29 is 9.59 Å². The molecule has 0 bridgehead atoms. The molecule has 1 fully saturated rings. The minimum absolute atomic E-state index is 0.0362. The minimum Gasteiger partial charge on any atom is -0.336 e. The van der Waals surface area contributed by atoms with Crippen LogP contribution in [0.3, 0.4) is 0 Å². The number of nitrogens with one attached hydrogen (secondary N) is 1. The van der Waals surface area contributed by atoms with E-state index >= 15 is 0 Å². The van der Waals surface area contributed by atoms with E-state index in [2.05, 4.69) is 5.32 Å². The van der Waals surface area contributed by atoms with Crippen LogP contribution in [0, 0.1) is 0 Å². The number of nitrogens with zero attached hydrogens (tertiary/aromatic N) is 2. The first-order valence-corrected chi connectivity index (χ1v) is 7.55. The number of rotatable bonds is 2. The van der Waals surface area contributed by atoms with Crippen molar-refractivity contribution in [3.63, 3.8) is 0 Å². The average molecular weight is 287 g/mol. The van der Waals surface area contributed by atoms with Crippen LogP contribution >= 0.6 is 0 Å². The van der Waals surface area contributed by atoms with E-state index < -0.39 is 0 Å². The van der Waals surface area contributed by atoms with E-state index in [0.29, 0.717) is 13.0 Å². The molecule has 21 heavy (non-hydrogen) atoms. The second-order valence-corrected chi connectivity index (χ2v) is 5.75. The highest BCUT2D eigenvalue weighted by molar-refractivity contribution is 6.01. The molecule has 5 heteroatoms. The molecule has 2 amide bonds. The van der Waals surface area contributed by atoms with Crippen molar-refractivity contribution in [2.75, 3.05) is 31.1 Å². The van der Waals surface area contributed by atoms with E-state index in [1.54, 1.807) is 4.90 Å². The number of benzene rings is 1. The highest BCUT2D eigenvalue weighted by Gasteiger charge is 2.29. The Morgan fingerprint density at radius 2 is 2.14 bits per heavy atom. The molecule has 1 atom stereocenters. The van der Waals surface area contributed by atoms with Crippen molar-refractivity contribution in [2.45, 2.75) is 25.8 Å². The van der Waals surface area contributed by atoms with Crippen LogP contribution in [0.25, 0.3) is 0 Å². The van der Waals surface area contributed by atoms with Gasteiger partial charge in [-0.15, -0.1) is 0 Å². The lowest BCUT2D eigenvalue weighted by Crippen LogP contribution is -2.55. The summed E-state index contributed by atoms with van der Waals surface area (Å²) in [5.74, 6) is 0.0823. The van der Waals surface area contributed by atoms with Crippen LogP contribution in [0.15, 0.2) is 24.3 Å². The number of aryl methyl sites for hydroxylation is 1. The second-order valence-electron chi connectivity index (χ2n) is 5.75. The topological polar surface area (TPSA) is 52.7 Å². The first-order chi connectivity index (χ1) is 10.2. The van der Waals surface area contributed by atoms with Gasteiger partial charge in [0.15, 0.2) is 0 Å². The summed E-state index contributed by atoms with van der Waals surface area (Å²) in [7, 11) is 0. The Balaban J connectivity index is 1.77. The van der Waals surface area contributed by atoms with E-state index in [4.69, 9.17) is 0 Å². The van der Waals surface area contributed by atoms with Crippen LogP contribution in [0.2, 0.25) is 0 Å². The quantitative estimate of drug-likeness (QED) is 0.875. The zero-order valence-corrected chi connectivity index (χ0v) is 12.3. The maximum atomic E-state index is 12.5. The van der Waals surface area contributed by atoms with Crippen LogP contribution in [0.5, 0.6) is 0 Å². The number of carbonyl (C=O) groups is 2. The first kappa shape index (κ1) is 14.1. The van der Waals surface area contributed by atoms with Gasteiger partial charge in [-0.3, -0.25) is 9.59 Å². The van der Waals surface area contributed by atoms with Gasteiger partial charge in [0, 0.05) is 37.8 Å². The molecule has 3 rings (SSSR count). The predicted molar refractivity (Wildman–Crippen MR) is 81.2 cm³/mol. The number of hydrogen-bond donors (Lipinski definition) is 1. The van der Waals surface area contributed by atoms with Crippen LogP contribution in [0.4, 0.5) is 5.69 Å². The lowest BCUT2D eigenvalue weighted by Gasteiger charge is -2.36. The van der Waals surface area contributed by atoms with Crippen molar-refractivity contribution in [1.82, 2.24) is 10.2 Å². The molecule has 1 saturated heterocycles. The number of carbonyl (C=O) groups excluding carboxylic acids is 2. The Labute approximate surface area is 124 Å². The van der Waals surface area contributed by atoms with Crippen molar-refractivity contribution in [3.05, 3.63) is 29.8 Å². The zero-order valence-electron chi connectivity index (χ0n) is 12.3. The molecule has 0 saturated carbocycles. The molecule has 2 heterocycles. The molecule has 0 unspecified atom stereocenters. The van der Waals surface area contributed by atoms with Crippen molar-refractivity contribution in [1.29, 1.82) is 0 Å². The summed E-state index contributed by atoms with van der Waals surface area (Å²) in [5, 5.41) is 3.27. The third kappa shape index (κ3) is 2.78. The Morgan fingerprint density at radius 1 is 1.33 bits per heavy atom. The van der Waals surface area contributed by atoms with Gasteiger partial charge in [0.2, 0.25) is 11.8 Å². The number of anilines is 1. The Bertz CT molecular complexity index is 558. The van der Waals surface area contributed by atoms with Crippen LogP contribution in [-0.4, -0.2) is 48.9 Å². The van der Waals surface area contributed by atoms with Crippen molar-refractivity contribution >= 4 is 17.5 Å². The summed E-state index contributed by atoms with van der Waals surface area (Å²) in [6, 6.07) is 8.05. The molecule has 0 aromatic heterocycles. The zero-order chi connectivity index (χ0) is 14.8. The maximum absolute atomic E-state index is 12.5. The first-order valence-electron chi connectivity index (χ1n) is 7.55. The van der Waals surface area contributed by atoms with Gasteiger partial charge in [0.05, 0.1) is 0 Å². The molecule has 2 aliphatic rings. The van der Waals surface area contributed by atoms with Crippen LogP contribution < -0.4 is 10.2 Å². The van der Waals surface area contributed by atoms with Gasteiger partial charge >= 0.3 is 0 Å². The van der Waals surface area contributed by atoms with Gasteiger partial charge in [-0.2, -0.15) is 0 Å². The third-order valence-corrected chi connectivity index (χ3v) is 4.31. The van der Waals surface area contributed by atoms with Crippen molar-refractivity contribution in [3.8, 4) is 0 Å². The third-order valence-electron chi connectivity index (χ3n) is 4.31. The second kappa shape index (κ2) is 5.85. The van der Waals surface area contributed by atoms with Gasteiger partial charge in [-0.1, -0.05) is 18.2 Å². The molecule has 112 valence electrons. The Morgan fingerprint density at radius 3 is 2.95 bits per heavy atom. The Kier molecular flexibility index (Phi) is 3.92. The number of piperazine rings is 1. The molecular weight excluding hydrogens is 266 g/mol. The average Bonchev–Trinajstić information content (AvgIpc) is 2.50. The molecule has 1 N–H and O–H groups in total. The molecule has 5 nitrogen and oxygen atoms in total. The molecule has 0 radical (unpaired) electrons. The predicted octanol–water partition coefficient (Wildman–Crippen LogP) is 0.786. The van der Waals surface area contributed by atoms with E-state index in [-0.39, 0.29) is 24.4 Å². The molecule has 1 aromatic carbocycles. The number of amides is 2. The number of fused-ring (bicyclic) bond motifs is 1. The SMILES string of the molecule is C[C@H]1CNCCN1C(=O)CN1C(=O)CCc2ccccc21.